The van der Waals surface area contributed by atoms with Crippen LogP contribution in [0.4, 0.5) is 0 Å². The lowest BCUT2D eigenvalue weighted by Gasteiger charge is -2.10. The molecule has 2 aromatic rings. The number of aromatic nitrogens is 4. The van der Waals surface area contributed by atoms with Crippen LogP contribution in [0.2, 0.25) is 0 Å². The second kappa shape index (κ2) is 5.68. The van der Waals surface area contributed by atoms with E-state index in [4.69, 9.17) is 10.5 Å². The smallest absolute Gasteiger partial charge is 0.293 e. The van der Waals surface area contributed by atoms with E-state index in [0.29, 0.717) is 12.4 Å². The van der Waals surface area contributed by atoms with Crippen LogP contribution in [0.15, 0.2) is 11.8 Å². The third kappa shape index (κ3) is 2.70. The van der Waals surface area contributed by atoms with Gasteiger partial charge in [0.1, 0.15) is 18.6 Å². The van der Waals surface area contributed by atoms with E-state index in [1.54, 1.807) is 5.51 Å². The molecule has 1 unspecified atom stereocenters. The molecular formula is C12H15N5O2S. The first-order valence-corrected chi connectivity index (χ1v) is 7.30. The molecule has 0 aromatic carbocycles. The molecule has 0 aliphatic heterocycles. The zero-order valence-electron chi connectivity index (χ0n) is 10.8. The Morgan fingerprint density at radius 3 is 3.15 bits per heavy atom. The number of hydrogen-bond acceptors (Lipinski definition) is 7. The molecule has 1 aliphatic rings. The van der Waals surface area contributed by atoms with Crippen molar-refractivity contribution in [2.24, 2.45) is 11.7 Å². The molecule has 106 valence electrons. The van der Waals surface area contributed by atoms with Gasteiger partial charge in [0, 0.05) is 6.54 Å². The fraction of sp³-hybridized carbons (Fsp3) is 0.500. The lowest BCUT2D eigenvalue weighted by Crippen LogP contribution is -2.17. The topological polar surface area (TPSA) is 95.9 Å². The second-order valence-electron chi connectivity index (χ2n) is 4.81. The molecule has 2 aromatic heterocycles. The van der Waals surface area contributed by atoms with Gasteiger partial charge in [-0.1, -0.05) is 0 Å². The van der Waals surface area contributed by atoms with Gasteiger partial charge in [0.25, 0.3) is 6.47 Å². The van der Waals surface area contributed by atoms with E-state index in [2.05, 4.69) is 15.1 Å². The van der Waals surface area contributed by atoms with Gasteiger partial charge >= 0.3 is 0 Å². The Morgan fingerprint density at radius 1 is 1.55 bits per heavy atom. The molecule has 0 spiro atoms. The third-order valence-corrected chi connectivity index (χ3v) is 4.19. The van der Waals surface area contributed by atoms with Crippen LogP contribution >= 0.6 is 11.3 Å². The maximum atomic E-state index is 10.3. The summed E-state index contributed by atoms with van der Waals surface area (Å²) in [5.74, 6) is 1.43. The number of hydrogen-bond donors (Lipinski definition) is 1. The van der Waals surface area contributed by atoms with Crippen LogP contribution < -0.4 is 5.73 Å². The van der Waals surface area contributed by atoms with Gasteiger partial charge < -0.3 is 10.5 Å². The zero-order valence-corrected chi connectivity index (χ0v) is 11.6. The number of carbonyl (C=O) groups excluding carboxylic acids is 1. The molecule has 1 atom stereocenters. The van der Waals surface area contributed by atoms with E-state index < -0.39 is 6.04 Å². The fourth-order valence-electron chi connectivity index (χ4n) is 2.03. The van der Waals surface area contributed by atoms with Crippen LogP contribution in [0, 0.1) is 5.92 Å². The number of carbonyl (C=O) groups is 1. The lowest BCUT2D eigenvalue weighted by atomic mass is 10.2. The van der Waals surface area contributed by atoms with E-state index in [9.17, 15) is 4.79 Å². The zero-order chi connectivity index (χ0) is 13.9. The molecule has 3 rings (SSSR count). The van der Waals surface area contributed by atoms with Crippen molar-refractivity contribution in [1.82, 2.24) is 19.7 Å². The second-order valence-corrected chi connectivity index (χ2v) is 5.70. The summed E-state index contributed by atoms with van der Waals surface area (Å²) in [4.78, 5) is 19.8. The molecule has 2 heterocycles. The number of thiazole rings is 1. The van der Waals surface area contributed by atoms with Gasteiger partial charge in [-0.15, -0.1) is 11.3 Å². The Hall–Kier alpha value is -1.80. The highest BCUT2D eigenvalue weighted by Gasteiger charge is 2.25. The summed E-state index contributed by atoms with van der Waals surface area (Å²) in [6, 6.07) is -0.395. The molecule has 1 saturated carbocycles. The molecule has 0 radical (unpaired) electrons. The third-order valence-electron chi connectivity index (χ3n) is 3.23. The van der Waals surface area contributed by atoms with Gasteiger partial charge in [-0.25, -0.2) is 14.6 Å². The molecule has 0 saturated heterocycles. The van der Waals surface area contributed by atoms with Crippen molar-refractivity contribution in [3.63, 3.8) is 0 Å². The van der Waals surface area contributed by atoms with E-state index in [0.717, 1.165) is 22.9 Å². The van der Waals surface area contributed by atoms with Crippen LogP contribution in [-0.4, -0.2) is 32.8 Å². The van der Waals surface area contributed by atoms with E-state index >= 15 is 0 Å². The predicted molar refractivity (Wildman–Crippen MR) is 72.8 cm³/mol. The van der Waals surface area contributed by atoms with Crippen LogP contribution in [0.5, 0.6) is 0 Å². The summed E-state index contributed by atoms with van der Waals surface area (Å²) >= 11 is 1.44. The van der Waals surface area contributed by atoms with Crippen LogP contribution in [0.1, 0.15) is 23.8 Å². The quantitative estimate of drug-likeness (QED) is 0.765. The Bertz CT molecular complexity index is 592. The van der Waals surface area contributed by atoms with Gasteiger partial charge in [-0.2, -0.15) is 5.10 Å². The van der Waals surface area contributed by atoms with Gasteiger partial charge in [0.05, 0.1) is 16.4 Å². The van der Waals surface area contributed by atoms with Crippen molar-refractivity contribution >= 4 is 17.8 Å². The largest absolute Gasteiger partial charge is 0.466 e. The molecule has 0 amide bonds. The van der Waals surface area contributed by atoms with Gasteiger partial charge in [0.2, 0.25) is 0 Å². The number of nitrogens with two attached hydrogens (primary N) is 1. The van der Waals surface area contributed by atoms with Gasteiger partial charge in [0.15, 0.2) is 5.82 Å². The maximum absolute atomic E-state index is 10.3. The first-order chi connectivity index (χ1) is 9.79. The first-order valence-electron chi connectivity index (χ1n) is 6.42. The van der Waals surface area contributed by atoms with Crippen molar-refractivity contribution in [2.45, 2.75) is 25.4 Å². The predicted octanol–water partition coefficient (Wildman–Crippen LogP) is 0.984. The van der Waals surface area contributed by atoms with Crippen molar-refractivity contribution in [2.75, 3.05) is 6.61 Å². The molecule has 1 fully saturated rings. The maximum Gasteiger partial charge on any atom is 0.293 e. The number of ether oxygens (including phenoxy) is 1. The van der Waals surface area contributed by atoms with Crippen LogP contribution in [-0.2, 0) is 16.1 Å². The molecule has 2 N–H and O–H groups in total. The molecule has 7 nitrogen and oxygen atoms in total. The van der Waals surface area contributed by atoms with Crippen LogP contribution in [0.3, 0.4) is 0 Å². The molecular weight excluding hydrogens is 278 g/mol. The Balaban J connectivity index is 1.84. The van der Waals surface area contributed by atoms with Crippen molar-refractivity contribution < 1.29 is 9.53 Å². The highest BCUT2D eigenvalue weighted by atomic mass is 32.1. The van der Waals surface area contributed by atoms with E-state index in [1.165, 1.54) is 30.5 Å². The molecule has 1 aliphatic carbocycles. The standard InChI is InChI=1S/C12H15N5O2S/c13-9(4-19-7-18)11-10(15-6-20-11)12-14-5-16-17(12)3-8-1-2-8/h5-9H,1-4,13H2. The van der Waals surface area contributed by atoms with Gasteiger partial charge in [-0.05, 0) is 18.8 Å². The Morgan fingerprint density at radius 2 is 2.40 bits per heavy atom. The number of rotatable bonds is 7. The molecule has 20 heavy (non-hydrogen) atoms. The lowest BCUT2D eigenvalue weighted by molar-refractivity contribution is -0.129. The Kier molecular flexibility index (Phi) is 3.75. The minimum absolute atomic E-state index is 0.134. The monoisotopic (exact) mass is 293 g/mol. The van der Waals surface area contributed by atoms with Crippen LogP contribution in [0.25, 0.3) is 11.5 Å². The molecule has 0 bridgehead atoms. The summed E-state index contributed by atoms with van der Waals surface area (Å²) in [7, 11) is 0. The molecule has 8 heteroatoms. The summed E-state index contributed by atoms with van der Waals surface area (Å²) in [5.41, 5.74) is 8.48. The average molecular weight is 293 g/mol. The first kappa shape index (κ1) is 13.2. The van der Waals surface area contributed by atoms with Gasteiger partial charge in [-0.3, -0.25) is 4.79 Å². The average Bonchev–Trinajstić information content (AvgIpc) is 2.95. The summed E-state index contributed by atoms with van der Waals surface area (Å²) in [5, 5.41) is 4.26. The van der Waals surface area contributed by atoms with Crippen molar-refractivity contribution in [1.29, 1.82) is 0 Å². The highest BCUT2D eigenvalue weighted by molar-refractivity contribution is 7.10. The summed E-state index contributed by atoms with van der Waals surface area (Å²) in [6.45, 7) is 1.40. The van der Waals surface area contributed by atoms with E-state index in [1.807, 2.05) is 4.68 Å². The van der Waals surface area contributed by atoms with Crippen molar-refractivity contribution in [3.8, 4) is 11.5 Å². The summed E-state index contributed by atoms with van der Waals surface area (Å²) < 4.78 is 6.61. The minimum atomic E-state index is -0.395. The summed E-state index contributed by atoms with van der Waals surface area (Å²) in [6.07, 6.45) is 4.03. The Labute approximate surface area is 119 Å². The van der Waals surface area contributed by atoms with Crippen molar-refractivity contribution in [3.05, 3.63) is 16.7 Å². The fourth-order valence-corrected chi connectivity index (χ4v) is 2.80. The number of nitrogens with zero attached hydrogens (tertiary/aromatic N) is 4. The minimum Gasteiger partial charge on any atom is -0.466 e. The van der Waals surface area contributed by atoms with E-state index in [-0.39, 0.29) is 6.61 Å². The normalized spacial score (nSPS) is 16.1. The highest BCUT2D eigenvalue weighted by Crippen LogP contribution is 2.33. The SMILES string of the molecule is NC(COC=O)c1scnc1-c1ncnn1CC1CC1.